The van der Waals surface area contributed by atoms with E-state index in [1.807, 2.05) is 0 Å². The average Bonchev–Trinajstić information content (AvgIpc) is 3.62. The molecule has 12 nitrogen and oxygen atoms in total. The molecule has 1 aromatic heterocycles. The minimum absolute atomic E-state index is 0.0168. The highest BCUT2D eigenvalue weighted by atomic mass is 32.3. The van der Waals surface area contributed by atoms with E-state index in [0.29, 0.717) is 23.4 Å². The van der Waals surface area contributed by atoms with E-state index in [0.717, 1.165) is 12.8 Å². The molecular formula is C22H24N6O6S. The van der Waals surface area contributed by atoms with E-state index in [9.17, 15) is 23.8 Å². The monoisotopic (exact) mass is 500 g/mol. The van der Waals surface area contributed by atoms with Crippen molar-refractivity contribution in [3.05, 3.63) is 52.3 Å². The fourth-order valence-corrected chi connectivity index (χ4v) is 5.21. The summed E-state index contributed by atoms with van der Waals surface area (Å²) in [5, 5.41) is 14.3. The minimum Gasteiger partial charge on any atom is -0.506 e. The average molecular weight is 501 g/mol. The number of carbonyl (C=O) groups excluding carboxylic acids is 1. The topological polar surface area (TPSA) is 197 Å². The molecule has 1 aliphatic heterocycles. The van der Waals surface area contributed by atoms with E-state index in [-0.39, 0.29) is 39.2 Å². The number of nitrogen functional groups attached to an aromatic ring is 1. The molecule has 0 unspecified atom stereocenters. The van der Waals surface area contributed by atoms with Gasteiger partial charge < -0.3 is 32.1 Å². The Kier molecular flexibility index (Phi) is 5.46. The number of pyridine rings is 1. The van der Waals surface area contributed by atoms with Crippen LogP contribution in [-0.4, -0.2) is 43.8 Å². The molecule has 2 heterocycles. The zero-order chi connectivity index (χ0) is 24.9. The molecule has 35 heavy (non-hydrogen) atoms. The van der Waals surface area contributed by atoms with Crippen LogP contribution < -0.4 is 32.5 Å². The SMILES string of the molecule is NC(=O)COc1ccc2c(c1N)S(O)(O)N=C(c1c(O)c3ccccc3n(NCC3CC3)c1=O)N2. The van der Waals surface area contributed by atoms with Crippen LogP contribution in [0.4, 0.5) is 11.4 Å². The number of aromatic hydroxyl groups is 1. The summed E-state index contributed by atoms with van der Waals surface area (Å²) in [5.41, 5.74) is 13.9. The lowest BCUT2D eigenvalue weighted by atomic mass is 10.1. The number of fused-ring (bicyclic) bond motifs is 2. The Morgan fingerprint density at radius 1 is 1.26 bits per heavy atom. The molecule has 0 bridgehead atoms. The first-order chi connectivity index (χ1) is 16.7. The minimum atomic E-state index is -3.92. The van der Waals surface area contributed by atoms with Gasteiger partial charge in [0, 0.05) is 11.9 Å². The number of carbonyl (C=O) groups is 1. The van der Waals surface area contributed by atoms with E-state index in [2.05, 4.69) is 15.1 Å². The predicted molar refractivity (Wildman–Crippen MR) is 134 cm³/mol. The standard InChI is InChI=1S/C22H24N6O6S/c23-16(29)10-34-15-8-7-13-20(18(15)24)35(32,33)27-21(26-13)17-19(30)12-3-1-2-4-14(12)28(22(17)31)25-9-11-5-6-11/h1-4,7-8,11,25,30,32-33H,5-6,9-10,24H2,(H2,23,29)(H,26,27). The highest BCUT2D eigenvalue weighted by molar-refractivity contribution is 8.23. The lowest BCUT2D eigenvalue weighted by Crippen LogP contribution is -2.36. The van der Waals surface area contributed by atoms with Gasteiger partial charge in [-0.2, -0.15) is 0 Å². The Hall–Kier alpha value is -3.94. The lowest BCUT2D eigenvalue weighted by Gasteiger charge is -2.35. The second kappa shape index (κ2) is 8.37. The number of hydrogen-bond donors (Lipinski definition) is 7. The van der Waals surface area contributed by atoms with Gasteiger partial charge in [0.1, 0.15) is 27.6 Å². The first-order valence-corrected chi connectivity index (χ1v) is 12.3. The van der Waals surface area contributed by atoms with Crippen molar-refractivity contribution < 1.29 is 23.7 Å². The summed E-state index contributed by atoms with van der Waals surface area (Å²) in [6, 6.07) is 9.67. The van der Waals surface area contributed by atoms with Gasteiger partial charge in [-0.1, -0.05) is 22.9 Å². The second-order valence-electron chi connectivity index (χ2n) is 8.38. The fraction of sp³-hybridized carbons (Fsp3) is 0.227. The first kappa shape index (κ1) is 22.8. The maximum absolute atomic E-state index is 13.5. The summed E-state index contributed by atoms with van der Waals surface area (Å²) in [4.78, 5) is 24.4. The summed E-state index contributed by atoms with van der Waals surface area (Å²) < 4.78 is 32.3. The zero-order valence-electron chi connectivity index (χ0n) is 18.4. The number of ether oxygens (including phenoxy) is 1. The molecule has 13 heteroatoms. The van der Waals surface area contributed by atoms with E-state index >= 15 is 0 Å². The third-order valence-electron chi connectivity index (χ3n) is 5.80. The van der Waals surface area contributed by atoms with Crippen molar-refractivity contribution in [3.8, 4) is 11.5 Å². The largest absolute Gasteiger partial charge is 0.506 e. The number of nitrogens with one attached hydrogen (secondary N) is 2. The van der Waals surface area contributed by atoms with Crippen molar-refractivity contribution in [2.24, 2.45) is 16.0 Å². The van der Waals surface area contributed by atoms with Crippen LogP contribution in [0.25, 0.3) is 10.9 Å². The van der Waals surface area contributed by atoms with E-state index < -0.39 is 28.8 Å². The predicted octanol–water partition coefficient (Wildman–Crippen LogP) is 2.00. The number of nitrogens with two attached hydrogens (primary N) is 2. The van der Waals surface area contributed by atoms with Gasteiger partial charge >= 0.3 is 0 Å². The number of benzene rings is 2. The van der Waals surface area contributed by atoms with Gasteiger partial charge in [-0.25, -0.2) is 4.68 Å². The number of nitrogens with zero attached hydrogens (tertiary/aromatic N) is 2. The number of anilines is 2. The Morgan fingerprint density at radius 3 is 2.71 bits per heavy atom. The van der Waals surface area contributed by atoms with Crippen LogP contribution in [0.3, 0.4) is 0 Å². The molecule has 1 aliphatic carbocycles. The first-order valence-electron chi connectivity index (χ1n) is 10.8. The zero-order valence-corrected chi connectivity index (χ0v) is 19.2. The molecule has 1 saturated carbocycles. The van der Waals surface area contributed by atoms with Gasteiger partial charge in [0.2, 0.25) is 0 Å². The van der Waals surface area contributed by atoms with Gasteiger partial charge in [0.15, 0.2) is 12.4 Å². The number of aromatic nitrogens is 1. The molecule has 0 saturated heterocycles. The third-order valence-corrected chi connectivity index (χ3v) is 7.22. The van der Waals surface area contributed by atoms with E-state index in [1.54, 1.807) is 24.3 Å². The van der Waals surface area contributed by atoms with Crippen LogP contribution in [0.5, 0.6) is 11.5 Å². The Labute approximate surface area is 200 Å². The number of amides is 1. The number of rotatable bonds is 7. The second-order valence-corrected chi connectivity index (χ2v) is 10.0. The number of primary amides is 1. The quantitative estimate of drug-likeness (QED) is 0.237. The van der Waals surface area contributed by atoms with Crippen molar-refractivity contribution in [2.75, 3.05) is 29.6 Å². The highest BCUT2D eigenvalue weighted by Crippen LogP contribution is 2.59. The molecule has 9 N–H and O–H groups in total. The number of para-hydroxylation sites is 1. The fourth-order valence-electron chi connectivity index (χ4n) is 3.92. The van der Waals surface area contributed by atoms with Crippen LogP contribution in [0, 0.1) is 5.92 Å². The van der Waals surface area contributed by atoms with Crippen molar-refractivity contribution in [3.63, 3.8) is 0 Å². The van der Waals surface area contributed by atoms with Gasteiger partial charge in [-0.05, 0) is 43.0 Å². The molecule has 2 aromatic carbocycles. The molecular weight excluding hydrogens is 476 g/mol. The summed E-state index contributed by atoms with van der Waals surface area (Å²) in [5.74, 6) is -0.822. The van der Waals surface area contributed by atoms with Crippen LogP contribution >= 0.6 is 10.8 Å². The smallest absolute Gasteiger partial charge is 0.284 e. The van der Waals surface area contributed by atoms with Crippen LogP contribution in [0.1, 0.15) is 18.4 Å². The molecule has 5 rings (SSSR count). The van der Waals surface area contributed by atoms with Crippen LogP contribution in [0.2, 0.25) is 0 Å². The summed E-state index contributed by atoms with van der Waals surface area (Å²) in [7, 11) is -3.92. The normalized spacial score (nSPS) is 17.1. The van der Waals surface area contributed by atoms with Crippen LogP contribution in [-0.2, 0) is 4.79 Å². The molecule has 2 aliphatic rings. The van der Waals surface area contributed by atoms with Gasteiger partial charge in [0.25, 0.3) is 11.5 Å². The molecule has 0 atom stereocenters. The molecule has 184 valence electrons. The Balaban J connectivity index is 1.62. The van der Waals surface area contributed by atoms with Crippen molar-refractivity contribution >= 4 is 44.8 Å². The summed E-state index contributed by atoms with van der Waals surface area (Å²) >= 11 is 0. The molecule has 0 spiro atoms. The van der Waals surface area contributed by atoms with Gasteiger partial charge in [0.05, 0.1) is 11.2 Å². The van der Waals surface area contributed by atoms with Crippen molar-refractivity contribution in [1.29, 1.82) is 0 Å². The van der Waals surface area contributed by atoms with Crippen molar-refractivity contribution in [2.45, 2.75) is 17.7 Å². The third kappa shape index (κ3) is 4.09. The summed E-state index contributed by atoms with van der Waals surface area (Å²) in [6.07, 6.45) is 2.15. The lowest BCUT2D eigenvalue weighted by molar-refractivity contribution is -0.119. The number of hydrogen-bond acceptors (Lipinski definition) is 10. The van der Waals surface area contributed by atoms with E-state index in [1.165, 1.54) is 16.8 Å². The number of amidine groups is 1. The summed E-state index contributed by atoms with van der Waals surface area (Å²) in [6.45, 7) is 0.124. The maximum Gasteiger partial charge on any atom is 0.284 e. The van der Waals surface area contributed by atoms with E-state index in [4.69, 9.17) is 16.2 Å². The Bertz CT molecular complexity index is 1450. The Morgan fingerprint density at radius 2 is 2.00 bits per heavy atom. The molecule has 1 amide bonds. The van der Waals surface area contributed by atoms with Gasteiger partial charge in [-0.3, -0.25) is 18.7 Å². The maximum atomic E-state index is 13.5. The highest BCUT2D eigenvalue weighted by Gasteiger charge is 2.33. The van der Waals surface area contributed by atoms with Crippen LogP contribution in [0.15, 0.2) is 50.5 Å². The van der Waals surface area contributed by atoms with Crippen molar-refractivity contribution in [1.82, 2.24) is 4.68 Å². The molecule has 1 fully saturated rings. The molecule has 0 radical (unpaired) electrons. The van der Waals surface area contributed by atoms with Gasteiger partial charge in [-0.15, -0.1) is 4.40 Å². The molecule has 3 aromatic rings.